The van der Waals surface area contributed by atoms with Gasteiger partial charge in [0.15, 0.2) is 16.3 Å². The largest absolute Gasteiger partial charge is 0.468 e. The maximum atomic E-state index is 13.0. The molecule has 1 aromatic heterocycles. The minimum absolute atomic E-state index is 0.111. The Morgan fingerprint density at radius 1 is 1.14 bits per heavy atom. The lowest BCUT2D eigenvalue weighted by atomic mass is 10.2. The highest BCUT2D eigenvalue weighted by atomic mass is 32.2. The number of carbonyl (C=O) groups excluding carboxylic acids is 2. The molecule has 0 unspecified atom stereocenters. The van der Waals surface area contributed by atoms with E-state index in [4.69, 9.17) is 14.2 Å². The third-order valence-corrected chi connectivity index (χ3v) is 8.77. The summed E-state index contributed by atoms with van der Waals surface area (Å²) < 4.78 is 45.3. The molecule has 192 valence electrons. The molecule has 2 aromatic carbocycles. The first-order valence-electron chi connectivity index (χ1n) is 11.5. The lowest BCUT2D eigenvalue weighted by molar-refractivity contribution is -0.141. The Morgan fingerprint density at radius 3 is 2.47 bits per heavy atom. The molecule has 3 aromatic rings. The highest BCUT2D eigenvalue weighted by molar-refractivity contribution is 7.89. The number of ether oxygens (including phenoxy) is 3. The van der Waals surface area contributed by atoms with Crippen molar-refractivity contribution in [1.82, 2.24) is 8.87 Å². The summed E-state index contributed by atoms with van der Waals surface area (Å²) in [5, 5.41) is 0. The SMILES string of the molecule is CCCCN(CC)S(=O)(=O)c1ccc(C(=O)N=c2sc3cc4c(cc3n2CC(=O)OC)OCO4)cc1. The molecule has 36 heavy (non-hydrogen) atoms. The molecule has 1 aliphatic heterocycles. The van der Waals surface area contributed by atoms with Crippen LogP contribution in [0, 0.1) is 0 Å². The van der Waals surface area contributed by atoms with Crippen LogP contribution in [0.5, 0.6) is 11.5 Å². The molecule has 0 radical (unpaired) electrons. The van der Waals surface area contributed by atoms with Crippen LogP contribution in [0.1, 0.15) is 37.0 Å². The van der Waals surface area contributed by atoms with Crippen molar-refractivity contribution in [2.75, 3.05) is 27.0 Å². The molecule has 10 nitrogen and oxygen atoms in total. The number of methoxy groups -OCH3 is 1. The molecule has 2 heterocycles. The zero-order chi connectivity index (χ0) is 25.9. The number of amides is 1. The summed E-state index contributed by atoms with van der Waals surface area (Å²) in [6.45, 7) is 4.57. The van der Waals surface area contributed by atoms with Crippen LogP contribution in [-0.4, -0.2) is 56.2 Å². The second-order valence-corrected chi connectivity index (χ2v) is 11.0. The third-order valence-electron chi connectivity index (χ3n) is 5.74. The molecule has 0 atom stereocenters. The predicted molar refractivity (Wildman–Crippen MR) is 134 cm³/mol. The highest BCUT2D eigenvalue weighted by Gasteiger charge is 2.23. The van der Waals surface area contributed by atoms with Gasteiger partial charge in [-0.2, -0.15) is 9.30 Å². The smallest absolute Gasteiger partial charge is 0.325 e. The van der Waals surface area contributed by atoms with Crippen LogP contribution in [0.4, 0.5) is 0 Å². The van der Waals surface area contributed by atoms with Gasteiger partial charge in [-0.05, 0) is 30.7 Å². The number of carbonyl (C=O) groups is 2. The van der Waals surface area contributed by atoms with Crippen LogP contribution >= 0.6 is 11.3 Å². The van der Waals surface area contributed by atoms with Gasteiger partial charge in [0, 0.05) is 30.8 Å². The van der Waals surface area contributed by atoms with Crippen molar-refractivity contribution in [1.29, 1.82) is 0 Å². The maximum absolute atomic E-state index is 13.0. The van der Waals surface area contributed by atoms with E-state index in [1.165, 1.54) is 47.0 Å². The molecule has 0 saturated carbocycles. The first-order chi connectivity index (χ1) is 17.3. The summed E-state index contributed by atoms with van der Waals surface area (Å²) in [6.07, 6.45) is 1.65. The summed E-state index contributed by atoms with van der Waals surface area (Å²) in [6, 6.07) is 9.23. The monoisotopic (exact) mass is 533 g/mol. The number of thiazole rings is 1. The van der Waals surface area contributed by atoms with E-state index in [0.29, 0.717) is 30.1 Å². The van der Waals surface area contributed by atoms with Crippen LogP contribution in [0.3, 0.4) is 0 Å². The fraction of sp³-hybridized carbons (Fsp3) is 0.375. The lowest BCUT2D eigenvalue weighted by Crippen LogP contribution is -2.31. The first kappa shape index (κ1) is 25.9. The molecule has 0 saturated heterocycles. The highest BCUT2D eigenvalue weighted by Crippen LogP contribution is 2.37. The Labute approximate surface area is 212 Å². The van der Waals surface area contributed by atoms with E-state index in [2.05, 4.69) is 4.99 Å². The van der Waals surface area contributed by atoms with Crippen molar-refractivity contribution in [3.8, 4) is 11.5 Å². The average molecular weight is 534 g/mol. The quantitative estimate of drug-likeness (QED) is 0.388. The van der Waals surface area contributed by atoms with E-state index in [0.717, 1.165) is 17.5 Å². The van der Waals surface area contributed by atoms with Crippen LogP contribution in [0.25, 0.3) is 10.2 Å². The van der Waals surface area contributed by atoms with Gasteiger partial charge in [-0.3, -0.25) is 9.59 Å². The molecule has 0 fully saturated rings. The van der Waals surface area contributed by atoms with Gasteiger partial charge in [0.2, 0.25) is 16.8 Å². The van der Waals surface area contributed by atoms with Gasteiger partial charge >= 0.3 is 5.97 Å². The number of esters is 1. The summed E-state index contributed by atoms with van der Waals surface area (Å²) in [4.78, 5) is 29.7. The molecular weight excluding hydrogens is 506 g/mol. The van der Waals surface area contributed by atoms with Crippen LogP contribution < -0.4 is 14.3 Å². The zero-order valence-electron chi connectivity index (χ0n) is 20.2. The standard InChI is InChI=1S/C24H27N3O7S2/c1-4-6-11-26(5-2)36(30,31)17-9-7-16(8-10-17)23(29)25-24-27(14-22(28)32-3)18-12-19-20(34-15-33-19)13-21(18)35-24/h7-10,12-13H,4-6,11,14-15H2,1-3H3. The molecule has 0 bridgehead atoms. The summed E-state index contributed by atoms with van der Waals surface area (Å²) >= 11 is 1.22. The normalized spacial score (nSPS) is 13.5. The summed E-state index contributed by atoms with van der Waals surface area (Å²) in [7, 11) is -2.37. The first-order valence-corrected chi connectivity index (χ1v) is 13.7. The Balaban J connectivity index is 1.68. The minimum Gasteiger partial charge on any atom is -0.468 e. The Bertz CT molecular complexity index is 1460. The predicted octanol–water partition coefficient (Wildman–Crippen LogP) is 3.16. The number of benzene rings is 2. The Morgan fingerprint density at radius 2 is 1.83 bits per heavy atom. The number of unbranched alkanes of at least 4 members (excludes halogenated alkanes) is 1. The topological polar surface area (TPSA) is 117 Å². The number of hydrogen-bond acceptors (Lipinski definition) is 8. The maximum Gasteiger partial charge on any atom is 0.325 e. The Kier molecular flexibility index (Phi) is 7.76. The van der Waals surface area contributed by atoms with E-state index < -0.39 is 21.9 Å². The number of hydrogen-bond donors (Lipinski definition) is 0. The van der Waals surface area contributed by atoms with E-state index in [9.17, 15) is 18.0 Å². The van der Waals surface area contributed by atoms with E-state index in [1.807, 2.05) is 6.92 Å². The van der Waals surface area contributed by atoms with Crippen molar-refractivity contribution in [3.63, 3.8) is 0 Å². The minimum atomic E-state index is -3.66. The van der Waals surface area contributed by atoms with Crippen molar-refractivity contribution >= 4 is 43.5 Å². The second-order valence-electron chi connectivity index (χ2n) is 8.01. The number of rotatable bonds is 9. The van der Waals surface area contributed by atoms with Gasteiger partial charge < -0.3 is 18.8 Å². The van der Waals surface area contributed by atoms with Gasteiger partial charge in [0.25, 0.3) is 5.91 Å². The molecular formula is C24H27N3O7S2. The van der Waals surface area contributed by atoms with Gasteiger partial charge in [-0.1, -0.05) is 31.6 Å². The second kappa shape index (κ2) is 10.8. The lowest BCUT2D eigenvalue weighted by Gasteiger charge is -2.20. The van der Waals surface area contributed by atoms with Crippen LogP contribution in [-0.2, 0) is 26.1 Å². The number of aromatic nitrogens is 1. The van der Waals surface area contributed by atoms with Crippen molar-refractivity contribution < 1.29 is 32.2 Å². The van der Waals surface area contributed by atoms with Crippen molar-refractivity contribution in [3.05, 3.63) is 46.8 Å². The van der Waals surface area contributed by atoms with Gasteiger partial charge in [-0.15, -0.1) is 0 Å². The number of nitrogens with zero attached hydrogens (tertiary/aromatic N) is 3. The molecule has 0 aliphatic carbocycles. The fourth-order valence-electron chi connectivity index (χ4n) is 3.74. The summed E-state index contributed by atoms with van der Waals surface area (Å²) in [5.74, 6) is 0.0409. The number of fused-ring (bicyclic) bond motifs is 2. The van der Waals surface area contributed by atoms with Gasteiger partial charge in [0.1, 0.15) is 6.54 Å². The van der Waals surface area contributed by atoms with Crippen LogP contribution in [0.15, 0.2) is 46.3 Å². The molecule has 0 N–H and O–H groups in total. The van der Waals surface area contributed by atoms with Crippen molar-refractivity contribution in [2.45, 2.75) is 38.1 Å². The van der Waals surface area contributed by atoms with Crippen LogP contribution in [0.2, 0.25) is 0 Å². The van der Waals surface area contributed by atoms with E-state index in [-0.39, 0.29) is 28.6 Å². The zero-order valence-corrected chi connectivity index (χ0v) is 21.9. The summed E-state index contributed by atoms with van der Waals surface area (Å²) in [5.41, 5.74) is 0.871. The average Bonchev–Trinajstić information content (AvgIpc) is 3.46. The molecule has 1 amide bonds. The number of sulfonamides is 1. The molecule has 1 aliphatic rings. The third kappa shape index (κ3) is 5.15. The fourth-order valence-corrected chi connectivity index (χ4v) is 6.27. The Hall–Kier alpha value is -3.22. The van der Waals surface area contributed by atoms with Crippen molar-refractivity contribution in [2.24, 2.45) is 4.99 Å². The van der Waals surface area contributed by atoms with Gasteiger partial charge in [0.05, 0.1) is 22.2 Å². The molecule has 0 spiro atoms. The van der Waals surface area contributed by atoms with Gasteiger partial charge in [-0.25, -0.2) is 8.42 Å². The molecule has 4 rings (SSSR count). The van der Waals surface area contributed by atoms with E-state index in [1.54, 1.807) is 23.6 Å². The van der Waals surface area contributed by atoms with E-state index >= 15 is 0 Å². The molecule has 12 heteroatoms.